The maximum atomic E-state index is 12.1. The molecule has 20 heavy (non-hydrogen) atoms. The molecule has 0 bridgehead atoms. The zero-order valence-electron chi connectivity index (χ0n) is 11.8. The van der Waals surface area contributed by atoms with Crippen LogP contribution in [0.25, 0.3) is 0 Å². The lowest BCUT2D eigenvalue weighted by atomic mass is 10.1. The van der Waals surface area contributed by atoms with Crippen LogP contribution >= 0.6 is 0 Å². The summed E-state index contributed by atoms with van der Waals surface area (Å²) in [5, 5.41) is 2.71. The van der Waals surface area contributed by atoms with Crippen LogP contribution in [-0.4, -0.2) is 20.9 Å². The summed E-state index contributed by atoms with van der Waals surface area (Å²) < 4.78 is 0. The number of carbonyl (C=O) groups is 1. The van der Waals surface area contributed by atoms with Crippen molar-refractivity contribution in [1.29, 1.82) is 0 Å². The first kappa shape index (κ1) is 14.0. The van der Waals surface area contributed by atoms with Gasteiger partial charge in [-0.25, -0.2) is 4.98 Å². The summed E-state index contributed by atoms with van der Waals surface area (Å²) in [4.78, 5) is 33.9. The topological polar surface area (TPSA) is 90.6 Å². The minimum atomic E-state index is -0.409. The first-order valence-corrected chi connectivity index (χ1v) is 6.49. The Morgan fingerprint density at radius 3 is 2.75 bits per heavy atom. The van der Waals surface area contributed by atoms with Gasteiger partial charge in [-0.3, -0.25) is 9.59 Å². The standard InChI is InChI=1S/C14H18N4O2/c1-8(2)12-17-9(3)11(14(20)18-12)13(19)16-7-10-4-5-15-6-10/h4-6,8,15H,7H2,1-3H3,(H,16,19)(H,17,18,20). The number of nitrogens with zero attached hydrogens (tertiary/aromatic N) is 1. The van der Waals surface area contributed by atoms with Gasteiger partial charge in [-0.15, -0.1) is 0 Å². The Morgan fingerprint density at radius 2 is 2.20 bits per heavy atom. The van der Waals surface area contributed by atoms with Gasteiger partial charge in [-0.05, 0) is 18.6 Å². The average Bonchev–Trinajstić information content (AvgIpc) is 2.88. The minimum absolute atomic E-state index is 0.0740. The average molecular weight is 274 g/mol. The van der Waals surface area contributed by atoms with E-state index in [1.807, 2.05) is 19.9 Å². The molecule has 106 valence electrons. The van der Waals surface area contributed by atoms with Crippen LogP contribution in [0.3, 0.4) is 0 Å². The van der Waals surface area contributed by atoms with Crippen LogP contribution in [0.2, 0.25) is 0 Å². The molecule has 0 unspecified atom stereocenters. The fourth-order valence-corrected chi connectivity index (χ4v) is 1.89. The molecular weight excluding hydrogens is 256 g/mol. The molecule has 0 fully saturated rings. The van der Waals surface area contributed by atoms with E-state index in [-0.39, 0.29) is 11.5 Å². The fourth-order valence-electron chi connectivity index (χ4n) is 1.89. The van der Waals surface area contributed by atoms with Gasteiger partial charge in [0.1, 0.15) is 11.4 Å². The molecule has 2 heterocycles. The van der Waals surface area contributed by atoms with Crippen LogP contribution in [0.4, 0.5) is 0 Å². The van der Waals surface area contributed by atoms with Gasteiger partial charge in [0.25, 0.3) is 11.5 Å². The summed E-state index contributed by atoms with van der Waals surface area (Å²) in [5.74, 6) is 0.292. The van der Waals surface area contributed by atoms with Crippen molar-refractivity contribution in [2.45, 2.75) is 33.2 Å². The third-order valence-corrected chi connectivity index (χ3v) is 3.01. The van der Waals surface area contributed by atoms with Gasteiger partial charge in [0, 0.05) is 24.9 Å². The van der Waals surface area contributed by atoms with Crippen LogP contribution in [0.5, 0.6) is 0 Å². The fraction of sp³-hybridized carbons (Fsp3) is 0.357. The Morgan fingerprint density at radius 1 is 1.45 bits per heavy atom. The normalized spacial score (nSPS) is 10.8. The van der Waals surface area contributed by atoms with Gasteiger partial charge in [0.15, 0.2) is 0 Å². The highest BCUT2D eigenvalue weighted by Crippen LogP contribution is 2.08. The molecule has 3 N–H and O–H groups in total. The second-order valence-corrected chi connectivity index (χ2v) is 4.97. The van der Waals surface area contributed by atoms with Crippen molar-refractivity contribution < 1.29 is 4.79 Å². The zero-order valence-corrected chi connectivity index (χ0v) is 11.8. The molecule has 0 aromatic carbocycles. The Kier molecular flexibility index (Phi) is 4.02. The Balaban J connectivity index is 2.20. The SMILES string of the molecule is Cc1nc(C(C)C)[nH]c(=O)c1C(=O)NCc1cc[nH]c1. The quantitative estimate of drug-likeness (QED) is 0.788. The van der Waals surface area contributed by atoms with E-state index in [0.29, 0.717) is 18.1 Å². The van der Waals surface area contributed by atoms with Crippen LogP contribution in [0.15, 0.2) is 23.3 Å². The van der Waals surface area contributed by atoms with Crippen molar-refractivity contribution in [1.82, 2.24) is 20.3 Å². The zero-order chi connectivity index (χ0) is 14.7. The molecule has 0 atom stereocenters. The highest BCUT2D eigenvalue weighted by atomic mass is 16.2. The van der Waals surface area contributed by atoms with E-state index in [9.17, 15) is 9.59 Å². The molecule has 1 amide bonds. The van der Waals surface area contributed by atoms with Crippen molar-refractivity contribution in [2.75, 3.05) is 0 Å². The number of H-pyrrole nitrogens is 2. The second kappa shape index (κ2) is 5.73. The number of hydrogen-bond acceptors (Lipinski definition) is 3. The van der Waals surface area contributed by atoms with Gasteiger partial charge >= 0.3 is 0 Å². The molecule has 2 rings (SSSR count). The van der Waals surface area contributed by atoms with E-state index in [0.717, 1.165) is 5.56 Å². The van der Waals surface area contributed by atoms with Gasteiger partial charge in [0.05, 0.1) is 5.69 Å². The number of amides is 1. The summed E-state index contributed by atoms with van der Waals surface area (Å²) in [6, 6.07) is 1.86. The van der Waals surface area contributed by atoms with Crippen molar-refractivity contribution in [3.63, 3.8) is 0 Å². The highest BCUT2D eigenvalue weighted by molar-refractivity contribution is 5.94. The molecule has 0 saturated carbocycles. The molecule has 6 nitrogen and oxygen atoms in total. The molecule has 0 aliphatic carbocycles. The third kappa shape index (κ3) is 2.96. The van der Waals surface area contributed by atoms with Crippen LogP contribution in [-0.2, 0) is 6.54 Å². The number of nitrogens with one attached hydrogen (secondary N) is 3. The van der Waals surface area contributed by atoms with E-state index in [4.69, 9.17) is 0 Å². The number of aryl methyl sites for hydroxylation is 1. The maximum absolute atomic E-state index is 12.1. The molecule has 0 aliphatic rings. The Hall–Kier alpha value is -2.37. The van der Waals surface area contributed by atoms with Crippen molar-refractivity contribution >= 4 is 5.91 Å². The van der Waals surface area contributed by atoms with E-state index in [1.54, 1.807) is 19.3 Å². The molecule has 6 heteroatoms. The molecular formula is C14H18N4O2. The minimum Gasteiger partial charge on any atom is -0.367 e. The predicted molar refractivity (Wildman–Crippen MR) is 75.6 cm³/mol. The number of rotatable bonds is 4. The summed E-state index contributed by atoms with van der Waals surface area (Å²) >= 11 is 0. The van der Waals surface area contributed by atoms with E-state index < -0.39 is 11.5 Å². The summed E-state index contributed by atoms with van der Waals surface area (Å²) in [6.45, 7) is 5.91. The van der Waals surface area contributed by atoms with Crippen LogP contribution in [0.1, 0.15) is 47.2 Å². The van der Waals surface area contributed by atoms with Crippen molar-refractivity contribution in [3.8, 4) is 0 Å². The highest BCUT2D eigenvalue weighted by Gasteiger charge is 2.17. The van der Waals surface area contributed by atoms with Gasteiger partial charge < -0.3 is 15.3 Å². The first-order valence-electron chi connectivity index (χ1n) is 6.49. The van der Waals surface area contributed by atoms with Crippen molar-refractivity contribution in [3.05, 3.63) is 51.5 Å². The molecule has 0 aliphatic heterocycles. The Labute approximate surface area is 116 Å². The van der Waals surface area contributed by atoms with Gasteiger partial charge in [-0.2, -0.15) is 0 Å². The largest absolute Gasteiger partial charge is 0.367 e. The summed E-state index contributed by atoms with van der Waals surface area (Å²) in [5.41, 5.74) is 1.07. The molecule has 0 spiro atoms. The maximum Gasteiger partial charge on any atom is 0.264 e. The molecule has 0 saturated heterocycles. The monoisotopic (exact) mass is 274 g/mol. The lowest BCUT2D eigenvalue weighted by molar-refractivity contribution is 0.0948. The number of aromatic nitrogens is 3. The summed E-state index contributed by atoms with van der Waals surface area (Å²) in [6.07, 6.45) is 3.57. The van der Waals surface area contributed by atoms with E-state index >= 15 is 0 Å². The lowest BCUT2D eigenvalue weighted by Gasteiger charge is -2.09. The van der Waals surface area contributed by atoms with E-state index in [2.05, 4.69) is 20.3 Å². The predicted octanol–water partition coefficient (Wildman–Crippen LogP) is 1.46. The summed E-state index contributed by atoms with van der Waals surface area (Å²) in [7, 11) is 0. The smallest absolute Gasteiger partial charge is 0.264 e. The van der Waals surface area contributed by atoms with Crippen LogP contribution < -0.4 is 10.9 Å². The van der Waals surface area contributed by atoms with Crippen LogP contribution in [0, 0.1) is 6.92 Å². The van der Waals surface area contributed by atoms with E-state index in [1.165, 1.54) is 0 Å². The first-order chi connectivity index (χ1) is 9.49. The Bertz CT molecular complexity index is 656. The van der Waals surface area contributed by atoms with Crippen molar-refractivity contribution in [2.24, 2.45) is 0 Å². The molecule has 2 aromatic rings. The number of aromatic amines is 2. The molecule has 0 radical (unpaired) electrons. The lowest BCUT2D eigenvalue weighted by Crippen LogP contribution is -2.31. The van der Waals surface area contributed by atoms with Gasteiger partial charge in [0.2, 0.25) is 0 Å². The number of hydrogen-bond donors (Lipinski definition) is 3. The number of carbonyl (C=O) groups excluding carboxylic acids is 1. The molecule has 2 aromatic heterocycles. The van der Waals surface area contributed by atoms with Gasteiger partial charge in [-0.1, -0.05) is 13.8 Å². The second-order valence-electron chi connectivity index (χ2n) is 4.97. The third-order valence-electron chi connectivity index (χ3n) is 3.01.